The van der Waals surface area contributed by atoms with Crippen LogP contribution < -0.4 is 0 Å². The van der Waals surface area contributed by atoms with E-state index in [1.54, 1.807) is 13.8 Å². The Bertz CT molecular complexity index is 336. The van der Waals surface area contributed by atoms with Crippen molar-refractivity contribution in [2.75, 3.05) is 0 Å². The highest BCUT2D eigenvalue weighted by Crippen LogP contribution is 2.19. The highest BCUT2D eigenvalue weighted by Gasteiger charge is 2.13. The molecule has 1 heterocycles. The Labute approximate surface area is 75.0 Å². The van der Waals surface area contributed by atoms with Crippen molar-refractivity contribution in [2.45, 2.75) is 13.8 Å². The molecule has 0 radical (unpaired) electrons. The molecule has 0 amide bonds. The lowest BCUT2D eigenvalue weighted by Gasteiger charge is -2.04. The van der Waals surface area contributed by atoms with Crippen molar-refractivity contribution in [2.24, 2.45) is 0 Å². The molecule has 1 rings (SSSR count). The lowest BCUT2D eigenvalue weighted by molar-refractivity contribution is 0.0695. The van der Waals surface area contributed by atoms with Crippen LogP contribution in [0.4, 0.5) is 0 Å². The molecule has 0 aliphatic rings. The molecule has 0 saturated heterocycles. The standard InChI is InChI=1S/C8H8ClNO2/c1-4-3-10-7(9)5(2)6(4)8(11)12/h3H,1-2H3,(H,11,12). The minimum atomic E-state index is -0.964. The molecule has 0 unspecified atom stereocenters. The van der Waals surface area contributed by atoms with Crippen molar-refractivity contribution in [3.05, 3.63) is 28.0 Å². The number of carboxylic acids is 1. The molecule has 0 saturated carbocycles. The normalized spacial score (nSPS) is 9.92. The SMILES string of the molecule is Cc1cnc(Cl)c(C)c1C(=O)O. The maximum atomic E-state index is 10.7. The van der Waals surface area contributed by atoms with Crippen molar-refractivity contribution >= 4 is 17.6 Å². The van der Waals surface area contributed by atoms with E-state index in [0.717, 1.165) is 0 Å². The summed E-state index contributed by atoms with van der Waals surface area (Å²) in [5.41, 5.74) is 1.39. The zero-order chi connectivity index (χ0) is 9.30. The average molecular weight is 186 g/mol. The second kappa shape index (κ2) is 3.11. The van der Waals surface area contributed by atoms with Gasteiger partial charge in [0.05, 0.1) is 5.56 Å². The Balaban J connectivity index is 3.43. The minimum absolute atomic E-state index is 0.245. The van der Waals surface area contributed by atoms with Crippen molar-refractivity contribution in [1.82, 2.24) is 4.98 Å². The number of hydrogen-bond acceptors (Lipinski definition) is 2. The Morgan fingerprint density at radius 2 is 2.17 bits per heavy atom. The van der Waals surface area contributed by atoms with Gasteiger partial charge in [-0.05, 0) is 19.4 Å². The molecule has 0 aliphatic heterocycles. The number of aryl methyl sites for hydroxylation is 1. The van der Waals surface area contributed by atoms with Gasteiger partial charge in [0.1, 0.15) is 5.15 Å². The fourth-order valence-corrected chi connectivity index (χ4v) is 1.19. The molecule has 0 aromatic carbocycles. The van der Waals surface area contributed by atoms with E-state index in [4.69, 9.17) is 16.7 Å². The van der Waals surface area contributed by atoms with Crippen LogP contribution in [0.2, 0.25) is 5.15 Å². The second-order valence-electron chi connectivity index (χ2n) is 2.54. The summed E-state index contributed by atoms with van der Waals surface area (Å²) >= 11 is 5.66. The van der Waals surface area contributed by atoms with E-state index in [9.17, 15) is 4.79 Å². The van der Waals surface area contributed by atoms with Crippen molar-refractivity contribution in [1.29, 1.82) is 0 Å². The zero-order valence-electron chi connectivity index (χ0n) is 6.76. The maximum Gasteiger partial charge on any atom is 0.336 e. The molecule has 4 heteroatoms. The molecule has 1 aromatic rings. The van der Waals surface area contributed by atoms with Gasteiger partial charge in [-0.2, -0.15) is 0 Å². The molecular weight excluding hydrogens is 178 g/mol. The first-order valence-electron chi connectivity index (χ1n) is 3.39. The van der Waals surface area contributed by atoms with Gasteiger partial charge in [-0.1, -0.05) is 11.6 Å². The first kappa shape index (κ1) is 9.00. The predicted molar refractivity (Wildman–Crippen MR) is 45.7 cm³/mol. The molecule has 0 atom stereocenters. The number of pyridine rings is 1. The van der Waals surface area contributed by atoms with Gasteiger partial charge in [0.2, 0.25) is 0 Å². The van der Waals surface area contributed by atoms with Gasteiger partial charge < -0.3 is 5.11 Å². The van der Waals surface area contributed by atoms with Gasteiger partial charge >= 0.3 is 5.97 Å². The first-order valence-corrected chi connectivity index (χ1v) is 3.77. The van der Waals surface area contributed by atoms with Crippen LogP contribution in [-0.4, -0.2) is 16.1 Å². The third-order valence-electron chi connectivity index (χ3n) is 1.66. The third-order valence-corrected chi connectivity index (χ3v) is 2.05. The number of hydrogen-bond donors (Lipinski definition) is 1. The minimum Gasteiger partial charge on any atom is -0.478 e. The maximum absolute atomic E-state index is 10.7. The van der Waals surface area contributed by atoms with Gasteiger partial charge in [-0.25, -0.2) is 9.78 Å². The summed E-state index contributed by atoms with van der Waals surface area (Å²) in [6.45, 7) is 3.34. The molecule has 0 bridgehead atoms. The highest BCUT2D eigenvalue weighted by molar-refractivity contribution is 6.30. The largest absolute Gasteiger partial charge is 0.478 e. The topological polar surface area (TPSA) is 50.2 Å². The molecule has 1 aromatic heterocycles. The van der Waals surface area contributed by atoms with Gasteiger partial charge in [-0.15, -0.1) is 0 Å². The van der Waals surface area contributed by atoms with Crippen molar-refractivity contribution in [3.8, 4) is 0 Å². The molecule has 12 heavy (non-hydrogen) atoms. The van der Waals surface area contributed by atoms with Crippen LogP contribution in [0.3, 0.4) is 0 Å². The van der Waals surface area contributed by atoms with Gasteiger partial charge in [0.25, 0.3) is 0 Å². The number of nitrogens with zero attached hydrogens (tertiary/aromatic N) is 1. The number of carboxylic acid groups (broad SMARTS) is 1. The zero-order valence-corrected chi connectivity index (χ0v) is 7.51. The molecule has 1 N–H and O–H groups in total. The number of aromatic nitrogens is 1. The second-order valence-corrected chi connectivity index (χ2v) is 2.90. The Hall–Kier alpha value is -1.09. The molecule has 0 spiro atoms. The Morgan fingerprint density at radius 3 is 2.58 bits per heavy atom. The predicted octanol–water partition coefficient (Wildman–Crippen LogP) is 2.05. The summed E-state index contributed by atoms with van der Waals surface area (Å²) in [6.07, 6.45) is 1.46. The van der Waals surface area contributed by atoms with E-state index >= 15 is 0 Å². The number of rotatable bonds is 1. The van der Waals surface area contributed by atoms with E-state index in [-0.39, 0.29) is 10.7 Å². The molecule has 64 valence electrons. The van der Waals surface area contributed by atoms with E-state index in [1.165, 1.54) is 6.20 Å². The van der Waals surface area contributed by atoms with Crippen molar-refractivity contribution in [3.63, 3.8) is 0 Å². The van der Waals surface area contributed by atoms with Crippen LogP contribution in [0.5, 0.6) is 0 Å². The quantitative estimate of drug-likeness (QED) is 0.682. The molecule has 3 nitrogen and oxygen atoms in total. The summed E-state index contributed by atoms with van der Waals surface area (Å²) in [5, 5.41) is 9.03. The highest BCUT2D eigenvalue weighted by atomic mass is 35.5. The van der Waals surface area contributed by atoms with E-state index < -0.39 is 5.97 Å². The number of halogens is 1. The van der Waals surface area contributed by atoms with Gasteiger partial charge in [0, 0.05) is 11.8 Å². The van der Waals surface area contributed by atoms with Crippen LogP contribution >= 0.6 is 11.6 Å². The number of aromatic carboxylic acids is 1. The first-order chi connectivity index (χ1) is 5.54. The van der Waals surface area contributed by atoms with Gasteiger partial charge in [0.15, 0.2) is 0 Å². The molecule has 0 aliphatic carbocycles. The monoisotopic (exact) mass is 185 g/mol. The van der Waals surface area contributed by atoms with E-state index in [0.29, 0.717) is 11.1 Å². The smallest absolute Gasteiger partial charge is 0.336 e. The summed E-state index contributed by atoms with van der Waals surface area (Å²) in [6, 6.07) is 0. The van der Waals surface area contributed by atoms with E-state index in [2.05, 4.69) is 4.98 Å². The summed E-state index contributed by atoms with van der Waals surface area (Å²) < 4.78 is 0. The molecular formula is C8H8ClNO2. The van der Waals surface area contributed by atoms with Crippen LogP contribution in [-0.2, 0) is 0 Å². The van der Waals surface area contributed by atoms with Crippen LogP contribution in [0, 0.1) is 13.8 Å². The average Bonchev–Trinajstić information content (AvgIpc) is 1.97. The fraction of sp³-hybridized carbons (Fsp3) is 0.250. The lowest BCUT2D eigenvalue weighted by Crippen LogP contribution is -2.04. The molecule has 0 fully saturated rings. The van der Waals surface area contributed by atoms with Crippen LogP contribution in [0.25, 0.3) is 0 Å². The van der Waals surface area contributed by atoms with Crippen LogP contribution in [0.15, 0.2) is 6.20 Å². The fourth-order valence-electron chi connectivity index (χ4n) is 1.04. The summed E-state index contributed by atoms with van der Waals surface area (Å²) in [4.78, 5) is 14.5. The van der Waals surface area contributed by atoms with Crippen LogP contribution in [0.1, 0.15) is 21.5 Å². The van der Waals surface area contributed by atoms with Gasteiger partial charge in [-0.3, -0.25) is 0 Å². The van der Waals surface area contributed by atoms with Crippen molar-refractivity contribution < 1.29 is 9.90 Å². The Morgan fingerprint density at radius 1 is 1.58 bits per heavy atom. The third kappa shape index (κ3) is 1.41. The van der Waals surface area contributed by atoms with E-state index in [1.807, 2.05) is 0 Å². The summed E-state index contributed by atoms with van der Waals surface area (Å²) in [5.74, 6) is -0.964. The summed E-state index contributed by atoms with van der Waals surface area (Å²) in [7, 11) is 0. The number of carbonyl (C=O) groups is 1. The Kier molecular flexibility index (Phi) is 2.33. The lowest BCUT2D eigenvalue weighted by atomic mass is 10.1.